The third-order valence-corrected chi connectivity index (χ3v) is 4.75. The molecule has 4 rings (SSSR count). The number of ether oxygens (including phenoxy) is 1. The lowest BCUT2D eigenvalue weighted by Gasteiger charge is -2.44. The van der Waals surface area contributed by atoms with Crippen LogP contribution in [-0.2, 0) is 9.53 Å². The molecule has 0 radical (unpaired) electrons. The molecular weight excluding hydrogens is 314 g/mol. The molecule has 126 valence electrons. The second-order valence-electron chi connectivity index (χ2n) is 6.07. The summed E-state index contributed by atoms with van der Waals surface area (Å²) in [5.74, 6) is 0.101. The van der Waals surface area contributed by atoms with Crippen molar-refractivity contribution in [3.63, 3.8) is 0 Å². The molecule has 0 unspecified atom stereocenters. The van der Waals surface area contributed by atoms with Crippen LogP contribution in [0.2, 0.25) is 0 Å². The fraction of sp³-hybridized carbons (Fsp3) is 0.467. The fourth-order valence-corrected chi connectivity index (χ4v) is 3.40. The number of esters is 1. The van der Waals surface area contributed by atoms with Gasteiger partial charge in [0.2, 0.25) is 11.7 Å². The molecule has 0 saturated heterocycles. The zero-order valence-electron chi connectivity index (χ0n) is 13.0. The normalized spacial score (nSPS) is 23.5. The van der Waals surface area contributed by atoms with Gasteiger partial charge < -0.3 is 19.5 Å². The second kappa shape index (κ2) is 5.45. The molecule has 2 N–H and O–H groups in total. The highest BCUT2D eigenvalue weighted by Gasteiger charge is 2.43. The summed E-state index contributed by atoms with van der Waals surface area (Å²) in [5, 5.41) is 20.0. The van der Waals surface area contributed by atoms with Gasteiger partial charge in [-0.3, -0.25) is 9.20 Å². The van der Waals surface area contributed by atoms with Gasteiger partial charge in [0.05, 0.1) is 12.9 Å². The molecule has 0 amide bonds. The van der Waals surface area contributed by atoms with Crippen LogP contribution in [0.15, 0.2) is 18.7 Å². The van der Waals surface area contributed by atoms with Crippen LogP contribution in [-0.4, -0.2) is 53.3 Å². The summed E-state index contributed by atoms with van der Waals surface area (Å²) < 4.78 is 8.38. The highest BCUT2D eigenvalue weighted by Crippen LogP contribution is 2.45. The molecule has 24 heavy (non-hydrogen) atoms. The molecule has 3 aromatic rings. The first kappa shape index (κ1) is 14.9. The highest BCUT2D eigenvalue weighted by molar-refractivity contribution is 5.78. The van der Waals surface area contributed by atoms with Gasteiger partial charge >= 0.3 is 5.97 Å². The summed E-state index contributed by atoms with van der Waals surface area (Å²) in [5.41, 5.74) is 0.918. The van der Waals surface area contributed by atoms with E-state index in [0.29, 0.717) is 23.5 Å². The number of aromatic nitrogens is 5. The Kier molecular flexibility index (Phi) is 3.38. The number of carbonyl (C=O) groups excluding carboxylic acids is 1. The topological polar surface area (TPSA) is 115 Å². The minimum absolute atomic E-state index is 0.00938. The molecule has 3 heterocycles. The van der Waals surface area contributed by atoms with Gasteiger partial charge in [-0.25, -0.2) is 9.97 Å². The summed E-state index contributed by atoms with van der Waals surface area (Å²) in [4.78, 5) is 23.8. The molecule has 9 nitrogen and oxygen atoms in total. The maximum absolute atomic E-state index is 11.0. The van der Waals surface area contributed by atoms with Gasteiger partial charge in [-0.05, 0) is 6.42 Å². The maximum Gasteiger partial charge on any atom is 0.302 e. The Morgan fingerprint density at radius 2 is 2.29 bits per heavy atom. The molecule has 9 heteroatoms. The number of imidazole rings is 2. The van der Waals surface area contributed by atoms with Crippen molar-refractivity contribution in [2.45, 2.75) is 19.4 Å². The van der Waals surface area contributed by atoms with Crippen molar-refractivity contribution in [2.75, 3.05) is 13.2 Å². The molecule has 0 spiro atoms. The van der Waals surface area contributed by atoms with E-state index in [1.165, 1.54) is 11.3 Å². The van der Waals surface area contributed by atoms with E-state index in [1.54, 1.807) is 18.7 Å². The van der Waals surface area contributed by atoms with Crippen molar-refractivity contribution < 1.29 is 19.7 Å². The van der Waals surface area contributed by atoms with Crippen LogP contribution >= 0.6 is 0 Å². The molecule has 1 fully saturated rings. The van der Waals surface area contributed by atoms with Gasteiger partial charge in [-0.1, -0.05) is 0 Å². The molecule has 0 aliphatic heterocycles. The van der Waals surface area contributed by atoms with Crippen LogP contribution < -0.4 is 0 Å². The summed E-state index contributed by atoms with van der Waals surface area (Å²) in [6.07, 6.45) is 5.53. The Morgan fingerprint density at radius 1 is 1.46 bits per heavy atom. The fourth-order valence-electron chi connectivity index (χ4n) is 3.40. The Balaban J connectivity index is 1.67. The highest BCUT2D eigenvalue weighted by atomic mass is 16.5. The van der Waals surface area contributed by atoms with Gasteiger partial charge in [-0.15, -0.1) is 0 Å². The molecule has 1 aliphatic carbocycles. The Morgan fingerprint density at radius 3 is 3.04 bits per heavy atom. The van der Waals surface area contributed by atoms with E-state index in [1.807, 2.05) is 4.57 Å². The van der Waals surface area contributed by atoms with Crippen LogP contribution in [0.3, 0.4) is 0 Å². The first-order valence-electron chi connectivity index (χ1n) is 7.73. The number of aliphatic hydroxyl groups is 1. The van der Waals surface area contributed by atoms with Crippen LogP contribution in [0.1, 0.15) is 19.4 Å². The quantitative estimate of drug-likeness (QED) is 0.670. The van der Waals surface area contributed by atoms with E-state index in [2.05, 4.69) is 15.0 Å². The number of hydrogen-bond acceptors (Lipinski definition) is 7. The van der Waals surface area contributed by atoms with E-state index in [9.17, 15) is 15.0 Å². The molecule has 0 bridgehead atoms. The Labute approximate surface area is 136 Å². The number of fused-ring (bicyclic) bond motifs is 2. The van der Waals surface area contributed by atoms with Crippen molar-refractivity contribution >= 4 is 22.9 Å². The predicted octanol–water partition coefficient (Wildman–Crippen LogP) is 0.517. The third kappa shape index (κ3) is 2.12. The van der Waals surface area contributed by atoms with Crippen LogP contribution in [0.5, 0.6) is 5.88 Å². The molecule has 0 aromatic carbocycles. The SMILES string of the molecule is CC(=O)OC[C@H]1C[C@@H](n2cnc3c(O)n4ccnc4nc32)[C@@H]1CO. The predicted molar refractivity (Wildman–Crippen MR) is 82.3 cm³/mol. The van der Waals surface area contributed by atoms with Crippen LogP contribution in [0, 0.1) is 11.8 Å². The Bertz CT molecular complexity index is 917. The number of rotatable bonds is 4. The zero-order valence-corrected chi connectivity index (χ0v) is 13.0. The van der Waals surface area contributed by atoms with Crippen LogP contribution in [0.4, 0.5) is 0 Å². The number of aromatic hydroxyl groups is 1. The lowest BCUT2D eigenvalue weighted by atomic mass is 9.70. The third-order valence-electron chi connectivity index (χ3n) is 4.75. The number of hydrogen-bond donors (Lipinski definition) is 2. The van der Waals surface area contributed by atoms with E-state index in [4.69, 9.17) is 4.74 Å². The van der Waals surface area contributed by atoms with Gasteiger partial charge in [0.1, 0.15) is 0 Å². The average Bonchev–Trinajstić information content (AvgIpc) is 3.14. The average molecular weight is 331 g/mol. The molecule has 3 aromatic heterocycles. The van der Waals surface area contributed by atoms with Gasteiger partial charge in [0.15, 0.2) is 11.2 Å². The van der Waals surface area contributed by atoms with E-state index in [-0.39, 0.29) is 36.3 Å². The lowest BCUT2D eigenvalue weighted by molar-refractivity contribution is -0.146. The first-order valence-corrected chi connectivity index (χ1v) is 7.73. The Hall–Kier alpha value is -2.68. The smallest absolute Gasteiger partial charge is 0.302 e. The molecule has 3 atom stereocenters. The van der Waals surface area contributed by atoms with E-state index < -0.39 is 0 Å². The van der Waals surface area contributed by atoms with Crippen molar-refractivity contribution in [3.8, 4) is 5.88 Å². The van der Waals surface area contributed by atoms with Crippen molar-refractivity contribution in [1.29, 1.82) is 0 Å². The van der Waals surface area contributed by atoms with Gasteiger partial charge in [-0.2, -0.15) is 4.98 Å². The van der Waals surface area contributed by atoms with Crippen molar-refractivity contribution in [3.05, 3.63) is 18.7 Å². The standard InChI is InChI=1S/C15H17N5O4/c1-8(22)24-6-9-4-11(10(9)5-21)20-7-17-12-13(20)18-15-16-2-3-19(15)14(12)23/h2-3,7,9-11,21,23H,4-6H2,1H3/t9-,10-,11-/m1/s1. The molecular formula is C15H17N5O4. The van der Waals surface area contributed by atoms with Gasteiger partial charge in [0.25, 0.3) is 0 Å². The van der Waals surface area contributed by atoms with E-state index in [0.717, 1.165) is 6.42 Å². The number of nitrogens with zero attached hydrogens (tertiary/aromatic N) is 5. The first-order chi connectivity index (χ1) is 11.6. The largest absolute Gasteiger partial charge is 0.493 e. The summed E-state index contributed by atoms with van der Waals surface area (Å²) in [6.45, 7) is 1.65. The monoisotopic (exact) mass is 331 g/mol. The minimum Gasteiger partial charge on any atom is -0.493 e. The number of aliphatic hydroxyl groups excluding tert-OH is 1. The van der Waals surface area contributed by atoms with Crippen molar-refractivity contribution in [2.24, 2.45) is 11.8 Å². The van der Waals surface area contributed by atoms with Crippen LogP contribution in [0.25, 0.3) is 16.9 Å². The van der Waals surface area contributed by atoms with E-state index >= 15 is 0 Å². The summed E-state index contributed by atoms with van der Waals surface area (Å²) in [7, 11) is 0. The lowest BCUT2D eigenvalue weighted by Crippen LogP contribution is -2.43. The minimum atomic E-state index is -0.323. The molecule has 1 saturated carbocycles. The summed E-state index contributed by atoms with van der Waals surface area (Å²) >= 11 is 0. The second-order valence-corrected chi connectivity index (χ2v) is 6.07. The maximum atomic E-state index is 11.0. The van der Waals surface area contributed by atoms with Crippen molar-refractivity contribution in [1.82, 2.24) is 23.9 Å². The number of carbonyl (C=O) groups is 1. The molecule has 1 aliphatic rings. The summed E-state index contributed by atoms with van der Waals surface area (Å²) in [6, 6.07) is -0.00938. The zero-order chi connectivity index (χ0) is 16.8. The van der Waals surface area contributed by atoms with Gasteiger partial charge in [0, 0.05) is 43.8 Å².